The summed E-state index contributed by atoms with van der Waals surface area (Å²) in [6, 6.07) is 8.85. The molecule has 2 atom stereocenters. The van der Waals surface area contributed by atoms with Gasteiger partial charge in [0, 0.05) is 48.8 Å². The summed E-state index contributed by atoms with van der Waals surface area (Å²) in [6.07, 6.45) is 14.2. The lowest BCUT2D eigenvalue weighted by Crippen LogP contribution is -2.45. The lowest BCUT2D eigenvalue weighted by molar-refractivity contribution is -0.137. The Kier molecular flexibility index (Phi) is 10.9. The van der Waals surface area contributed by atoms with Gasteiger partial charge >= 0.3 is 0 Å². The van der Waals surface area contributed by atoms with Crippen LogP contribution in [0.5, 0.6) is 0 Å². The Morgan fingerprint density at radius 3 is 2.60 bits per heavy atom. The predicted molar refractivity (Wildman–Crippen MR) is 198 cm³/mol. The summed E-state index contributed by atoms with van der Waals surface area (Å²) < 4.78 is 2.22. The molecule has 2 bridgehead atoms. The Morgan fingerprint density at radius 1 is 1.04 bits per heavy atom. The second kappa shape index (κ2) is 15.3. The molecule has 3 aromatic heterocycles. The van der Waals surface area contributed by atoms with Crippen molar-refractivity contribution in [1.29, 1.82) is 0 Å². The molecule has 0 unspecified atom stereocenters. The van der Waals surface area contributed by atoms with E-state index in [2.05, 4.69) is 72.3 Å². The molecule has 1 N–H and O–H groups in total. The van der Waals surface area contributed by atoms with E-state index < -0.39 is 6.04 Å². The quantitative estimate of drug-likeness (QED) is 0.142. The zero-order chi connectivity index (χ0) is 35.4. The van der Waals surface area contributed by atoms with E-state index in [1.807, 2.05) is 37.3 Å². The number of anilines is 1. The van der Waals surface area contributed by atoms with E-state index in [0.29, 0.717) is 52.2 Å². The van der Waals surface area contributed by atoms with E-state index >= 15 is 0 Å². The number of benzene rings is 1. The van der Waals surface area contributed by atoms with E-state index in [1.54, 1.807) is 22.0 Å². The molecular formula is C38H45BrN8O3. The fraction of sp³-hybridized carbons (Fsp3) is 0.447. The number of fused-ring (bicyclic) bond motifs is 4. The van der Waals surface area contributed by atoms with Crippen molar-refractivity contribution in [3.05, 3.63) is 76.6 Å². The average Bonchev–Trinajstić information content (AvgIpc) is 3.66. The van der Waals surface area contributed by atoms with Crippen LogP contribution in [0.25, 0.3) is 22.0 Å². The number of ketones is 1. The number of aromatic nitrogens is 5. The molecule has 6 rings (SSSR count). The summed E-state index contributed by atoms with van der Waals surface area (Å²) in [6.45, 7) is 7.53. The third kappa shape index (κ3) is 7.86. The van der Waals surface area contributed by atoms with Gasteiger partial charge in [0.25, 0.3) is 0 Å². The maximum absolute atomic E-state index is 14.4. The fourth-order valence-electron chi connectivity index (χ4n) is 7.27. The van der Waals surface area contributed by atoms with Crippen LogP contribution in [0.2, 0.25) is 0 Å². The predicted octanol–water partition coefficient (Wildman–Crippen LogP) is 6.40. The molecule has 2 amide bonds. The van der Waals surface area contributed by atoms with Gasteiger partial charge in [-0.1, -0.05) is 37.6 Å². The molecule has 0 saturated carbocycles. The molecular weight excluding hydrogens is 696 g/mol. The summed E-state index contributed by atoms with van der Waals surface area (Å²) in [4.78, 5) is 58.7. The van der Waals surface area contributed by atoms with Crippen LogP contribution in [0.15, 0.2) is 59.5 Å². The van der Waals surface area contributed by atoms with Crippen molar-refractivity contribution in [1.82, 2.24) is 34.5 Å². The topological polar surface area (TPSA) is 126 Å². The van der Waals surface area contributed by atoms with Crippen LogP contribution in [-0.2, 0) is 22.6 Å². The molecule has 0 radical (unpaired) electrons. The number of carbonyl (C=O) groups excluding carboxylic acids is 3. The Labute approximate surface area is 301 Å². The largest absolute Gasteiger partial charge is 0.328 e. The molecule has 1 aromatic carbocycles. The van der Waals surface area contributed by atoms with Crippen LogP contribution in [-0.4, -0.2) is 84.9 Å². The number of aryl methyl sites for hydroxylation is 1. The van der Waals surface area contributed by atoms with Crippen LogP contribution in [0.1, 0.15) is 74.2 Å². The second-order valence-corrected chi connectivity index (χ2v) is 14.6. The van der Waals surface area contributed by atoms with Crippen molar-refractivity contribution in [2.45, 2.75) is 78.3 Å². The monoisotopic (exact) mass is 740 g/mol. The lowest BCUT2D eigenvalue weighted by Gasteiger charge is -2.32. The number of allylic oxidation sites excluding steroid dienone is 2. The molecule has 4 aromatic rings. The first-order valence-electron chi connectivity index (χ1n) is 17.5. The van der Waals surface area contributed by atoms with Gasteiger partial charge in [0.05, 0.1) is 5.52 Å². The molecule has 262 valence electrons. The van der Waals surface area contributed by atoms with Gasteiger partial charge in [-0.3, -0.25) is 19.1 Å². The van der Waals surface area contributed by atoms with Crippen LogP contribution in [0.4, 0.5) is 5.82 Å². The molecule has 1 fully saturated rings. The minimum atomic E-state index is -0.696. The highest BCUT2D eigenvalue weighted by Crippen LogP contribution is 2.40. The van der Waals surface area contributed by atoms with Crippen LogP contribution in [0.3, 0.4) is 0 Å². The van der Waals surface area contributed by atoms with Gasteiger partial charge in [0.15, 0.2) is 5.78 Å². The van der Waals surface area contributed by atoms with Gasteiger partial charge in [-0.2, -0.15) is 5.10 Å². The number of halogens is 1. The minimum absolute atomic E-state index is 0.110. The van der Waals surface area contributed by atoms with Crippen molar-refractivity contribution in [2.24, 2.45) is 5.41 Å². The summed E-state index contributed by atoms with van der Waals surface area (Å²) in [5.74, 6) is 0.492. The zero-order valence-electron chi connectivity index (χ0n) is 29.3. The third-order valence-electron chi connectivity index (χ3n) is 10.1. The highest BCUT2D eigenvalue weighted by molar-refractivity contribution is 9.10. The van der Waals surface area contributed by atoms with Crippen molar-refractivity contribution >= 4 is 50.2 Å². The summed E-state index contributed by atoms with van der Waals surface area (Å²) in [7, 11) is 2.14. The number of Topliss-reactive ketones (excluding diaryl/α,β-unsaturated/α-hetero) is 1. The van der Waals surface area contributed by atoms with Crippen LogP contribution in [0, 0.1) is 12.3 Å². The van der Waals surface area contributed by atoms with Gasteiger partial charge in [-0.05, 0) is 104 Å². The minimum Gasteiger partial charge on any atom is -0.328 e. The van der Waals surface area contributed by atoms with E-state index in [-0.39, 0.29) is 29.6 Å². The standard InChI is InChI=1S/C38H45BrN8O3/c1-5-38-19-32(37(50)43-36-27(14-16-33(39)42-36)12-10-8-6-7-9-11-17-45(4)23-38)46(24-38)34(49)22-47-31-15-13-28(29-20-40-26(3)41-21-29)18-30(31)35(44-47)25(2)48/h8,10,13-16,18,20-21,32H,5-7,9,11-12,17,19,22-24H2,1-4H3,(H,42,43,50)/b10-8+/t32-,38+/m0/s1. The van der Waals surface area contributed by atoms with Crippen LogP contribution >= 0.6 is 15.9 Å². The van der Waals surface area contributed by atoms with Gasteiger partial charge in [0.2, 0.25) is 11.8 Å². The number of hydrogen-bond acceptors (Lipinski definition) is 8. The van der Waals surface area contributed by atoms with E-state index in [0.717, 1.165) is 61.9 Å². The normalized spacial score (nSPS) is 21.4. The average molecular weight is 742 g/mol. The number of amides is 2. The van der Waals surface area contributed by atoms with E-state index in [1.165, 1.54) is 6.92 Å². The van der Waals surface area contributed by atoms with Gasteiger partial charge in [-0.25, -0.2) is 15.0 Å². The summed E-state index contributed by atoms with van der Waals surface area (Å²) >= 11 is 3.47. The molecule has 0 spiro atoms. The van der Waals surface area contributed by atoms with Gasteiger partial charge in [-0.15, -0.1) is 0 Å². The number of rotatable bonds is 5. The first-order valence-corrected chi connectivity index (χ1v) is 18.2. The second-order valence-electron chi connectivity index (χ2n) is 13.8. The molecule has 2 aliphatic rings. The van der Waals surface area contributed by atoms with Crippen molar-refractivity contribution in [3.8, 4) is 11.1 Å². The first kappa shape index (κ1) is 35.5. The maximum atomic E-state index is 14.4. The lowest BCUT2D eigenvalue weighted by atomic mass is 9.82. The number of nitrogens with one attached hydrogen (secondary N) is 1. The van der Waals surface area contributed by atoms with Crippen molar-refractivity contribution < 1.29 is 14.4 Å². The highest BCUT2D eigenvalue weighted by atomic mass is 79.9. The third-order valence-corrected chi connectivity index (χ3v) is 10.5. The number of likely N-dealkylation sites (tertiary alicyclic amines) is 1. The molecule has 11 nitrogen and oxygen atoms in total. The summed E-state index contributed by atoms with van der Waals surface area (Å²) in [5.41, 5.74) is 3.27. The smallest absolute Gasteiger partial charge is 0.248 e. The molecule has 1 saturated heterocycles. The number of carbonyl (C=O) groups is 3. The Morgan fingerprint density at radius 2 is 1.84 bits per heavy atom. The van der Waals surface area contributed by atoms with Gasteiger partial charge in [0.1, 0.15) is 34.5 Å². The molecule has 0 aliphatic carbocycles. The zero-order valence-corrected chi connectivity index (χ0v) is 30.9. The Hall–Kier alpha value is -4.29. The number of pyridine rings is 1. The first-order chi connectivity index (χ1) is 24.1. The Bertz CT molecular complexity index is 1920. The molecule has 2 aliphatic heterocycles. The number of hydrogen-bond donors (Lipinski definition) is 1. The molecule has 50 heavy (non-hydrogen) atoms. The molecule has 5 heterocycles. The highest BCUT2D eigenvalue weighted by Gasteiger charge is 2.48. The maximum Gasteiger partial charge on any atom is 0.248 e. The van der Waals surface area contributed by atoms with Crippen molar-refractivity contribution in [2.75, 3.05) is 32.0 Å². The van der Waals surface area contributed by atoms with Gasteiger partial charge < -0.3 is 15.1 Å². The fourth-order valence-corrected chi connectivity index (χ4v) is 7.58. The van der Waals surface area contributed by atoms with E-state index in [4.69, 9.17) is 0 Å². The van der Waals surface area contributed by atoms with Crippen LogP contribution < -0.4 is 5.32 Å². The van der Waals surface area contributed by atoms with E-state index in [9.17, 15) is 14.4 Å². The molecule has 12 heteroatoms. The Balaban J connectivity index is 1.33. The van der Waals surface area contributed by atoms with Crippen molar-refractivity contribution in [3.63, 3.8) is 0 Å². The number of nitrogens with zero attached hydrogens (tertiary/aromatic N) is 7. The SMILES string of the molecule is CC[C@@]12C[C@@H](C(=O)Nc3nc(Br)ccc3C/C=C/CCCCCN(C)C1)N(C(=O)Cn1nc(C(C)=O)c3cc(-c4cnc(C)nc4)ccc31)C2. The summed E-state index contributed by atoms with van der Waals surface area (Å²) in [5, 5.41) is 8.39.